The van der Waals surface area contributed by atoms with E-state index in [1.54, 1.807) is 52.3 Å². The molecule has 680 valence electrons. The first-order valence-electron chi connectivity index (χ1n) is 43.5. The number of aromatic nitrogens is 6. The second kappa shape index (κ2) is 50.1. The molecule has 7 heterocycles. The predicted molar refractivity (Wildman–Crippen MR) is 462 cm³/mol. The predicted octanol–water partition coefficient (Wildman–Crippen LogP) is 7.61. The summed E-state index contributed by atoms with van der Waals surface area (Å²) in [6.07, 6.45) is 12.9. The molecular formula is C90H134N12O21. The highest BCUT2D eigenvalue weighted by Gasteiger charge is 2.53. The van der Waals surface area contributed by atoms with Crippen LogP contribution in [-0.2, 0) is 100 Å². The number of nitrogen functional groups attached to an aromatic ring is 1. The number of methoxy groups -OCH3 is 3. The van der Waals surface area contributed by atoms with Gasteiger partial charge in [-0.05, 0) is 136 Å². The van der Waals surface area contributed by atoms with E-state index in [9.17, 15) is 44.4 Å². The van der Waals surface area contributed by atoms with E-state index in [4.69, 9.17) is 73.5 Å². The van der Waals surface area contributed by atoms with Gasteiger partial charge < -0.3 is 109 Å². The second-order valence-electron chi connectivity index (χ2n) is 33.2. The molecule has 4 aliphatic rings. The minimum absolute atomic E-state index is 0.0319. The number of aliphatic hydroxyl groups is 4. The number of oxime groups is 1. The van der Waals surface area contributed by atoms with E-state index in [-0.39, 0.29) is 62.6 Å². The largest absolute Gasteiger partial charge is 0.459 e. The second-order valence-corrected chi connectivity index (χ2v) is 33.2. The van der Waals surface area contributed by atoms with E-state index in [1.165, 1.54) is 26.1 Å². The van der Waals surface area contributed by atoms with Gasteiger partial charge in [0.05, 0.1) is 134 Å². The third-order valence-corrected chi connectivity index (χ3v) is 23.6. The fourth-order valence-electron chi connectivity index (χ4n) is 16.5. The number of amides is 3. The number of nitrogens with zero attached hydrogens (tertiary/aromatic N) is 8. The van der Waals surface area contributed by atoms with Crippen LogP contribution >= 0.6 is 0 Å². The van der Waals surface area contributed by atoms with Crippen LogP contribution in [0.2, 0.25) is 0 Å². The van der Waals surface area contributed by atoms with Crippen molar-refractivity contribution in [3.8, 4) is 11.3 Å². The van der Waals surface area contributed by atoms with Gasteiger partial charge in [0.1, 0.15) is 47.8 Å². The summed E-state index contributed by atoms with van der Waals surface area (Å²) in [4.78, 5) is 94.9. The lowest BCUT2D eigenvalue weighted by atomic mass is 9.80. The lowest BCUT2D eigenvalue weighted by Gasteiger charge is -2.42. The van der Waals surface area contributed by atoms with Crippen molar-refractivity contribution in [2.45, 2.75) is 218 Å². The number of rotatable bonds is 52. The fourth-order valence-corrected chi connectivity index (χ4v) is 16.5. The maximum atomic E-state index is 14.7. The highest BCUT2D eigenvalue weighted by Crippen LogP contribution is 2.39. The van der Waals surface area contributed by atoms with Crippen LogP contribution in [0.5, 0.6) is 0 Å². The monoisotopic (exact) mass is 1720 g/mol. The lowest BCUT2D eigenvalue weighted by Crippen LogP contribution is -2.61. The number of allylic oxidation sites excluding steroid dienone is 4. The van der Waals surface area contributed by atoms with Gasteiger partial charge in [0.15, 0.2) is 12.3 Å². The molecule has 0 bridgehead atoms. The lowest BCUT2D eigenvalue weighted by molar-refractivity contribution is -0.265. The number of piperidine rings is 1. The van der Waals surface area contributed by atoms with Crippen molar-refractivity contribution in [1.82, 2.24) is 44.8 Å². The molecule has 0 radical (unpaired) electrons. The number of aliphatic hydroxyl groups excluding tert-OH is 3. The molecular weight excluding hydrogens is 1590 g/mol. The summed E-state index contributed by atoms with van der Waals surface area (Å²) in [5, 5.41) is 60.6. The number of pyridine rings is 1. The van der Waals surface area contributed by atoms with Crippen LogP contribution in [-0.4, -0.2) is 289 Å². The molecule has 5 aromatic rings. The van der Waals surface area contributed by atoms with Crippen LogP contribution < -0.4 is 16.8 Å². The Bertz CT molecular complexity index is 4310. The van der Waals surface area contributed by atoms with Gasteiger partial charge in [-0.25, -0.2) is 24.4 Å². The average molecular weight is 1720 g/mol. The van der Waals surface area contributed by atoms with Crippen molar-refractivity contribution in [1.29, 1.82) is 0 Å². The number of nitrogens with one attached hydrogen (secondary N) is 2. The van der Waals surface area contributed by atoms with Gasteiger partial charge in [0, 0.05) is 107 Å². The number of anilines is 1. The summed E-state index contributed by atoms with van der Waals surface area (Å²) in [6, 6.07) is 8.26. The van der Waals surface area contributed by atoms with E-state index < -0.39 is 109 Å². The van der Waals surface area contributed by atoms with Gasteiger partial charge in [-0.3, -0.25) is 19.2 Å². The van der Waals surface area contributed by atoms with Crippen LogP contribution in [0.4, 0.5) is 5.82 Å². The number of H-pyrrole nitrogens is 1. The first-order chi connectivity index (χ1) is 59.2. The number of fused-ring (bicyclic) bond motifs is 3. The van der Waals surface area contributed by atoms with Crippen molar-refractivity contribution >= 4 is 63.1 Å². The summed E-state index contributed by atoms with van der Waals surface area (Å²) in [6.45, 7) is 22.3. The van der Waals surface area contributed by atoms with Crippen molar-refractivity contribution < 1.29 is 101 Å². The van der Waals surface area contributed by atoms with E-state index >= 15 is 0 Å². The minimum atomic E-state index is -2.48. The maximum absolute atomic E-state index is 14.7. The third-order valence-electron chi connectivity index (χ3n) is 23.6. The highest BCUT2D eigenvalue weighted by molar-refractivity contribution is 6.39. The van der Waals surface area contributed by atoms with Gasteiger partial charge in [0.2, 0.25) is 11.7 Å². The van der Waals surface area contributed by atoms with Crippen molar-refractivity contribution in [2.24, 2.45) is 40.5 Å². The Morgan fingerprint density at radius 3 is 2.20 bits per heavy atom. The van der Waals surface area contributed by atoms with Gasteiger partial charge in [-0.15, -0.1) is 0 Å². The number of carbonyl (C=O) groups excluding carboxylic acids is 5. The topological polar surface area (TPSA) is 432 Å². The zero-order chi connectivity index (χ0) is 88.5. The summed E-state index contributed by atoms with van der Waals surface area (Å²) in [5.41, 5.74) is 21.4. The van der Waals surface area contributed by atoms with E-state index in [1.807, 2.05) is 67.8 Å². The molecule has 10 N–H and O–H groups in total. The smallest absolute Gasteiger partial charge is 0.329 e. The molecule has 123 heavy (non-hydrogen) atoms. The van der Waals surface area contributed by atoms with Crippen LogP contribution in [0.1, 0.15) is 149 Å². The fraction of sp³-hybridized carbons (Fsp3) is 0.644. The molecule has 1 saturated carbocycles. The van der Waals surface area contributed by atoms with Crippen molar-refractivity contribution in [3.05, 3.63) is 114 Å². The molecule has 0 spiro atoms. The van der Waals surface area contributed by atoms with Gasteiger partial charge >= 0.3 is 5.97 Å². The molecule has 9 rings (SSSR count). The normalized spacial score (nSPS) is 22.0. The zero-order valence-electron chi connectivity index (χ0n) is 73.5. The number of hydrogen-bond acceptors (Lipinski definition) is 28. The molecule has 15 atom stereocenters. The Morgan fingerprint density at radius 2 is 1.52 bits per heavy atom. The van der Waals surface area contributed by atoms with Gasteiger partial charge in [-0.2, -0.15) is 5.10 Å². The first kappa shape index (κ1) is 98.4. The van der Waals surface area contributed by atoms with E-state index in [2.05, 4.69) is 55.2 Å². The summed E-state index contributed by atoms with van der Waals surface area (Å²) >= 11 is 0. The van der Waals surface area contributed by atoms with Gasteiger partial charge in [0.25, 0.3) is 17.6 Å². The molecule has 4 aromatic heterocycles. The number of aromatic amines is 1. The Balaban J connectivity index is 0.631. The number of nitrogens with two attached hydrogens (primary N) is 2. The summed E-state index contributed by atoms with van der Waals surface area (Å²) in [5.74, 6) is -7.12. The number of benzene rings is 1. The number of likely N-dealkylation sites (tertiary alicyclic amines) is 1. The number of carbonyl (C=O) groups is 5. The quantitative estimate of drug-likeness (QED) is 0.00353. The minimum Gasteiger partial charge on any atom is -0.459 e. The molecule has 33 nitrogen and oxygen atoms in total. The molecule has 0 unspecified atom stereocenters. The Labute approximate surface area is 722 Å². The summed E-state index contributed by atoms with van der Waals surface area (Å²) in [7, 11) is 4.54. The van der Waals surface area contributed by atoms with Gasteiger partial charge in [-0.1, -0.05) is 94.9 Å². The Kier molecular flexibility index (Phi) is 40.1. The molecule has 1 aromatic carbocycles. The highest BCUT2D eigenvalue weighted by atomic mass is 16.6. The van der Waals surface area contributed by atoms with Crippen molar-refractivity contribution in [3.63, 3.8) is 0 Å². The number of esters is 1. The number of ketones is 1. The SMILES string of the molecule is C=C/C=C/C=C(\C)[C@H](C[C@@H]1CC[C@@H](C)[C@](O)(C(=O)C(=O)N2CCCC[C@H]2C(=O)O[C@@H](C[C@@H](O)[C@H](C)/C=C(\C)[C@@H](O)[C@@H](OC)/C(=N/OCC(=O)NCCOCCOCCOCCOCCOCCOCCC(=O)N2CCc3cc(Cn4nc(-c5cnc6[nH]ccc6c5)c5c(N)ncnc54)ccc3C2)[C@H](C)CC(C)C)[C@H](N)C[C@@H]2CC[C@@H](O)[C@H](OC)C2)O1)OC. The van der Waals surface area contributed by atoms with E-state index in [0.29, 0.717) is 190 Å². The molecule has 3 fully saturated rings. The third kappa shape index (κ3) is 28.8. The first-order valence-corrected chi connectivity index (χ1v) is 43.5. The number of hydrogen-bond donors (Lipinski definition) is 8. The number of ether oxygens (including phenoxy) is 11. The number of Topliss-reactive ketones (excluding diaryl/α,β-unsaturated/α-hetero) is 1. The van der Waals surface area contributed by atoms with Crippen LogP contribution in [0.25, 0.3) is 33.3 Å². The Morgan fingerprint density at radius 1 is 0.813 bits per heavy atom. The molecule has 1 aliphatic carbocycles. The van der Waals surface area contributed by atoms with Crippen molar-refractivity contribution in [2.75, 3.05) is 133 Å². The van der Waals surface area contributed by atoms with E-state index in [0.717, 1.165) is 44.6 Å². The van der Waals surface area contributed by atoms with Crippen LogP contribution in [0.3, 0.4) is 0 Å². The zero-order valence-corrected chi connectivity index (χ0v) is 73.5. The molecule has 3 amide bonds. The molecule has 33 heteroatoms. The maximum Gasteiger partial charge on any atom is 0.329 e. The van der Waals surface area contributed by atoms with Crippen LogP contribution in [0, 0.1) is 29.6 Å². The van der Waals surface area contributed by atoms with Crippen LogP contribution in [0.15, 0.2) is 102 Å². The standard InChI is InChI=1S/C90H134N12O21/c1-12-13-14-17-58(4)74(112-9)50-69-23-19-62(8)90(111,123-69)84(108)88(109)101-30-16-15-18-71(101)89(110)122-75(70(91)47-63-21-24-72(103)76(48-63)113-10)51-73(104)59(5)45-61(7)82(107)83(114-11)80(60(6)44-57(2)3)99-121-55-77(105)93-29-33-116-35-37-118-39-41-120-43-42-119-40-38-117-36-34-115-32-27-78(106)100-31-26-65-46-64(20-22-67(65)54-100)53-102-87-79(85(92)96-56-97-87)81(98-102)68-49-66-25-28-94-86(66)95-52-68/h12-14,17,20,22,25,28,45-46,49,52,56-57,59-60,62-63,69-76,82-83,103-104,107,111H,1,15-16,18-19,21,23-24,26-27,29-44,47-48,50-51,53-55,91H2,2-11H3,(H,93,105)(H,94,95)(H2,92,96,97)/b14-13+,58-17+,61-45+,99-80+/t59-,60-,62-,63+,69+,70-,71+,72-,73-,74+,75+,76-,82-,83+,90-/m1/s1. The summed E-state index contributed by atoms with van der Waals surface area (Å²) < 4.78 is 65.5. The molecule has 3 aliphatic heterocycles. The average Bonchev–Trinajstić information content (AvgIpc) is 1.60. The Hall–Kier alpha value is -8.36. The molecule has 2 saturated heterocycles.